The van der Waals surface area contributed by atoms with Gasteiger partial charge < -0.3 is 20.5 Å². The molecule has 1 aromatic carbocycles. The lowest BCUT2D eigenvalue weighted by molar-refractivity contribution is -0.147. The molecule has 2 amide bonds. The molecule has 0 fully saturated rings. The number of aliphatic carboxylic acids is 1. The molecule has 0 saturated heterocycles. The Balaban J connectivity index is 2.31. The average molecular weight is 270 g/mol. The van der Waals surface area contributed by atoms with Crippen molar-refractivity contribution in [2.75, 3.05) is 13.7 Å². The van der Waals surface area contributed by atoms with E-state index in [1.54, 1.807) is 12.1 Å². The van der Waals surface area contributed by atoms with Gasteiger partial charge in [-0.25, -0.2) is 14.0 Å². The molecule has 0 radical (unpaired) electrons. The number of carboxylic acid groups (broad SMARTS) is 1. The van der Waals surface area contributed by atoms with Crippen LogP contribution < -0.4 is 10.6 Å². The number of nitrogens with one attached hydrogen (secondary N) is 2. The van der Waals surface area contributed by atoms with Crippen molar-refractivity contribution in [3.63, 3.8) is 0 Å². The lowest BCUT2D eigenvalue weighted by Crippen LogP contribution is -2.42. The number of carbonyl (C=O) groups excluding carboxylic acids is 1. The molecule has 1 unspecified atom stereocenters. The van der Waals surface area contributed by atoms with Gasteiger partial charge >= 0.3 is 12.0 Å². The Hall–Kier alpha value is -2.15. The summed E-state index contributed by atoms with van der Waals surface area (Å²) in [5.74, 6) is -1.50. The van der Waals surface area contributed by atoms with E-state index in [9.17, 15) is 14.0 Å². The van der Waals surface area contributed by atoms with Crippen LogP contribution in [0.5, 0.6) is 0 Å². The first kappa shape index (κ1) is 14.9. The number of methoxy groups -OCH3 is 1. The number of hydrogen-bond acceptors (Lipinski definition) is 3. The second kappa shape index (κ2) is 7.32. The number of ether oxygens (including phenoxy) is 1. The van der Waals surface area contributed by atoms with Gasteiger partial charge in [0.05, 0.1) is 6.54 Å². The topological polar surface area (TPSA) is 87.7 Å². The van der Waals surface area contributed by atoms with Gasteiger partial charge in [-0.1, -0.05) is 12.1 Å². The van der Waals surface area contributed by atoms with Crippen molar-refractivity contribution in [3.8, 4) is 0 Å². The van der Waals surface area contributed by atoms with Crippen LogP contribution >= 0.6 is 0 Å². The standard InChI is InChI=1S/C12H15FN2O4/c1-19-10(11(16)17)7-15-12(18)14-6-8-2-4-9(13)5-3-8/h2-5,10H,6-7H2,1H3,(H,16,17)(H2,14,15,18). The fourth-order valence-electron chi connectivity index (χ4n) is 1.30. The zero-order valence-corrected chi connectivity index (χ0v) is 10.4. The van der Waals surface area contributed by atoms with Crippen molar-refractivity contribution < 1.29 is 23.8 Å². The van der Waals surface area contributed by atoms with Gasteiger partial charge in [-0.15, -0.1) is 0 Å². The number of urea groups is 1. The molecule has 0 aliphatic carbocycles. The quantitative estimate of drug-likeness (QED) is 0.711. The summed E-state index contributed by atoms with van der Waals surface area (Å²) in [6, 6.07) is 5.16. The average Bonchev–Trinajstić information content (AvgIpc) is 2.38. The van der Waals surface area contributed by atoms with Crippen molar-refractivity contribution in [1.29, 1.82) is 0 Å². The van der Waals surface area contributed by atoms with Crippen molar-refractivity contribution >= 4 is 12.0 Å². The Morgan fingerprint density at radius 1 is 1.32 bits per heavy atom. The molecule has 0 saturated carbocycles. The monoisotopic (exact) mass is 270 g/mol. The van der Waals surface area contributed by atoms with Crippen LogP contribution in [-0.4, -0.2) is 36.9 Å². The predicted molar refractivity (Wildman–Crippen MR) is 65.1 cm³/mol. The summed E-state index contributed by atoms with van der Waals surface area (Å²) in [4.78, 5) is 22.0. The summed E-state index contributed by atoms with van der Waals surface area (Å²) < 4.78 is 17.3. The molecule has 0 aliphatic rings. The van der Waals surface area contributed by atoms with Crippen LogP contribution in [0.4, 0.5) is 9.18 Å². The third-order valence-corrected chi connectivity index (χ3v) is 2.37. The summed E-state index contributed by atoms with van der Waals surface area (Å²) in [6.45, 7) is 0.0813. The number of hydrogen-bond donors (Lipinski definition) is 3. The molecule has 1 rings (SSSR count). The first-order chi connectivity index (χ1) is 9.02. The molecule has 0 heterocycles. The Bertz CT molecular complexity index is 436. The van der Waals surface area contributed by atoms with Gasteiger partial charge in [-0.3, -0.25) is 0 Å². The summed E-state index contributed by atoms with van der Waals surface area (Å²) in [5.41, 5.74) is 0.734. The number of benzene rings is 1. The molecular formula is C12H15FN2O4. The highest BCUT2D eigenvalue weighted by atomic mass is 19.1. The molecule has 104 valence electrons. The molecule has 0 aliphatic heterocycles. The molecule has 19 heavy (non-hydrogen) atoms. The molecule has 1 aromatic rings. The largest absolute Gasteiger partial charge is 0.479 e. The van der Waals surface area contributed by atoms with E-state index in [4.69, 9.17) is 5.11 Å². The van der Waals surface area contributed by atoms with Crippen molar-refractivity contribution in [2.45, 2.75) is 12.6 Å². The normalized spacial score (nSPS) is 11.7. The number of halogens is 1. The first-order valence-corrected chi connectivity index (χ1v) is 5.54. The molecule has 6 nitrogen and oxygen atoms in total. The second-order valence-corrected chi connectivity index (χ2v) is 3.75. The number of amides is 2. The zero-order chi connectivity index (χ0) is 14.3. The number of carbonyl (C=O) groups is 2. The Kier molecular flexibility index (Phi) is 5.74. The molecule has 0 spiro atoms. The maximum Gasteiger partial charge on any atom is 0.334 e. The third-order valence-electron chi connectivity index (χ3n) is 2.37. The third kappa shape index (κ3) is 5.35. The van der Waals surface area contributed by atoms with Gasteiger partial charge in [0.2, 0.25) is 0 Å². The van der Waals surface area contributed by atoms with Crippen molar-refractivity contribution in [3.05, 3.63) is 35.6 Å². The Labute approximate surface area is 109 Å². The summed E-state index contributed by atoms with van der Waals surface area (Å²) in [6.07, 6.45) is -1.09. The van der Waals surface area contributed by atoms with E-state index in [0.29, 0.717) is 0 Å². The minimum Gasteiger partial charge on any atom is -0.479 e. The zero-order valence-electron chi connectivity index (χ0n) is 10.4. The number of carboxylic acids is 1. The van der Waals surface area contributed by atoms with Crippen molar-refractivity contribution in [1.82, 2.24) is 10.6 Å². The maximum atomic E-state index is 12.6. The predicted octanol–water partition coefficient (Wildman–Crippen LogP) is 0.724. The maximum absolute atomic E-state index is 12.6. The Morgan fingerprint density at radius 2 is 1.95 bits per heavy atom. The molecule has 0 aromatic heterocycles. The van der Waals surface area contributed by atoms with Crippen LogP contribution in [0.15, 0.2) is 24.3 Å². The fourth-order valence-corrected chi connectivity index (χ4v) is 1.30. The van der Waals surface area contributed by atoms with Gasteiger partial charge in [0.15, 0.2) is 6.10 Å². The van der Waals surface area contributed by atoms with E-state index in [0.717, 1.165) is 5.56 Å². The van der Waals surface area contributed by atoms with E-state index < -0.39 is 18.1 Å². The van der Waals surface area contributed by atoms with E-state index in [1.807, 2.05) is 0 Å². The minimum atomic E-state index is -1.15. The highest BCUT2D eigenvalue weighted by Gasteiger charge is 2.16. The van der Waals surface area contributed by atoms with Crippen LogP contribution in [0, 0.1) is 5.82 Å². The van der Waals surface area contributed by atoms with Crippen LogP contribution in [0.3, 0.4) is 0 Å². The van der Waals surface area contributed by atoms with Crippen molar-refractivity contribution in [2.24, 2.45) is 0 Å². The second-order valence-electron chi connectivity index (χ2n) is 3.75. The molecule has 3 N–H and O–H groups in total. The Morgan fingerprint density at radius 3 is 2.47 bits per heavy atom. The molecular weight excluding hydrogens is 255 g/mol. The van der Waals surface area contributed by atoms with Gasteiger partial charge in [-0.05, 0) is 17.7 Å². The van der Waals surface area contributed by atoms with E-state index >= 15 is 0 Å². The van der Waals surface area contributed by atoms with Gasteiger partial charge in [-0.2, -0.15) is 0 Å². The lowest BCUT2D eigenvalue weighted by Gasteiger charge is -2.12. The minimum absolute atomic E-state index is 0.138. The summed E-state index contributed by atoms with van der Waals surface area (Å²) in [5, 5.41) is 13.6. The van der Waals surface area contributed by atoms with Crippen LogP contribution in [-0.2, 0) is 16.1 Å². The lowest BCUT2D eigenvalue weighted by atomic mass is 10.2. The van der Waals surface area contributed by atoms with E-state index in [2.05, 4.69) is 15.4 Å². The van der Waals surface area contributed by atoms with Crippen LogP contribution in [0.1, 0.15) is 5.56 Å². The fraction of sp³-hybridized carbons (Fsp3) is 0.333. The highest BCUT2D eigenvalue weighted by Crippen LogP contribution is 2.01. The summed E-state index contributed by atoms with van der Waals surface area (Å²) >= 11 is 0. The molecule has 0 bridgehead atoms. The molecule has 7 heteroatoms. The van der Waals surface area contributed by atoms with Gasteiger partial charge in [0, 0.05) is 13.7 Å². The van der Waals surface area contributed by atoms with Gasteiger partial charge in [0.1, 0.15) is 5.82 Å². The SMILES string of the molecule is COC(CNC(=O)NCc1ccc(F)cc1)C(=O)O. The van der Waals surface area contributed by atoms with Crippen LogP contribution in [0.2, 0.25) is 0 Å². The van der Waals surface area contributed by atoms with E-state index in [-0.39, 0.29) is 18.9 Å². The van der Waals surface area contributed by atoms with Crippen LogP contribution in [0.25, 0.3) is 0 Å². The highest BCUT2D eigenvalue weighted by molar-refractivity contribution is 5.76. The van der Waals surface area contributed by atoms with Gasteiger partial charge in [0.25, 0.3) is 0 Å². The van der Waals surface area contributed by atoms with E-state index in [1.165, 1.54) is 19.2 Å². The first-order valence-electron chi connectivity index (χ1n) is 5.54. The summed E-state index contributed by atoms with van der Waals surface area (Å²) in [7, 11) is 1.25. The number of rotatable bonds is 6. The molecule has 1 atom stereocenters. The smallest absolute Gasteiger partial charge is 0.334 e.